The number of amides is 1. The molecule has 4 heteroatoms. The first-order chi connectivity index (χ1) is 8.49. The van der Waals surface area contributed by atoms with Crippen molar-refractivity contribution in [1.29, 1.82) is 0 Å². The summed E-state index contributed by atoms with van der Waals surface area (Å²) >= 11 is 0. The number of benzene rings is 1. The van der Waals surface area contributed by atoms with Crippen LogP contribution >= 0.6 is 0 Å². The van der Waals surface area contributed by atoms with Gasteiger partial charge in [0, 0.05) is 25.5 Å². The average Bonchev–Trinajstić information content (AvgIpc) is 2.29. The van der Waals surface area contributed by atoms with E-state index in [1.165, 1.54) is 0 Å². The topological polar surface area (TPSA) is 44.4 Å². The quantitative estimate of drug-likeness (QED) is 0.810. The summed E-state index contributed by atoms with van der Waals surface area (Å²) in [4.78, 5) is 13.7. The van der Waals surface area contributed by atoms with Crippen molar-refractivity contribution in [3.05, 3.63) is 24.3 Å². The predicted octanol–water partition coefficient (Wildman–Crippen LogP) is 1.94. The molecule has 0 aromatic heterocycles. The summed E-state index contributed by atoms with van der Waals surface area (Å²) < 4.78 is 0. The van der Waals surface area contributed by atoms with Gasteiger partial charge in [0.25, 0.3) is 0 Å². The van der Waals surface area contributed by atoms with Crippen molar-refractivity contribution in [3.63, 3.8) is 0 Å². The number of rotatable bonds is 6. The zero-order valence-corrected chi connectivity index (χ0v) is 11.7. The van der Waals surface area contributed by atoms with Gasteiger partial charge in [0.15, 0.2) is 0 Å². The van der Waals surface area contributed by atoms with Crippen molar-refractivity contribution >= 4 is 17.3 Å². The smallest absolute Gasteiger partial charge is 0.238 e. The molecule has 0 spiro atoms. The van der Waals surface area contributed by atoms with Gasteiger partial charge in [0.05, 0.1) is 6.54 Å². The summed E-state index contributed by atoms with van der Waals surface area (Å²) in [5.41, 5.74) is 1.95. The van der Waals surface area contributed by atoms with Crippen LogP contribution in [0, 0.1) is 5.92 Å². The maximum absolute atomic E-state index is 11.6. The van der Waals surface area contributed by atoms with Crippen molar-refractivity contribution in [3.8, 4) is 0 Å². The van der Waals surface area contributed by atoms with Gasteiger partial charge in [-0.2, -0.15) is 0 Å². The van der Waals surface area contributed by atoms with Gasteiger partial charge in [0.1, 0.15) is 0 Å². The lowest BCUT2D eigenvalue weighted by molar-refractivity contribution is -0.115. The highest BCUT2D eigenvalue weighted by Crippen LogP contribution is 2.15. The summed E-state index contributed by atoms with van der Waals surface area (Å²) in [5, 5.41) is 5.98. The minimum Gasteiger partial charge on any atom is -0.378 e. The first kappa shape index (κ1) is 14.5. The number of hydrogen-bond donors (Lipinski definition) is 2. The van der Waals surface area contributed by atoms with E-state index in [4.69, 9.17) is 0 Å². The normalized spacial score (nSPS) is 10.5. The lowest BCUT2D eigenvalue weighted by Crippen LogP contribution is -2.30. The zero-order valence-electron chi connectivity index (χ0n) is 11.7. The average molecular weight is 249 g/mol. The van der Waals surface area contributed by atoms with Gasteiger partial charge in [-0.05, 0) is 36.7 Å². The Bertz CT molecular complexity index is 371. The van der Waals surface area contributed by atoms with Crippen LogP contribution in [0.3, 0.4) is 0 Å². The summed E-state index contributed by atoms with van der Waals surface area (Å²) in [7, 11) is 3.98. The monoisotopic (exact) mass is 249 g/mol. The third-order valence-corrected chi connectivity index (χ3v) is 2.51. The van der Waals surface area contributed by atoms with E-state index in [1.54, 1.807) is 0 Å². The van der Waals surface area contributed by atoms with Gasteiger partial charge < -0.3 is 15.5 Å². The van der Waals surface area contributed by atoms with Gasteiger partial charge in [0.2, 0.25) is 5.91 Å². The van der Waals surface area contributed by atoms with E-state index in [9.17, 15) is 4.79 Å². The summed E-state index contributed by atoms with van der Waals surface area (Å²) in [5.74, 6) is 0.547. The van der Waals surface area contributed by atoms with Gasteiger partial charge in [-0.25, -0.2) is 0 Å². The highest BCUT2D eigenvalue weighted by molar-refractivity contribution is 5.92. The van der Waals surface area contributed by atoms with Crippen molar-refractivity contribution in [2.45, 2.75) is 13.8 Å². The van der Waals surface area contributed by atoms with E-state index < -0.39 is 0 Å². The van der Waals surface area contributed by atoms with Crippen LogP contribution in [-0.2, 0) is 4.79 Å². The minimum atomic E-state index is -0.00625. The molecular weight excluding hydrogens is 226 g/mol. The van der Waals surface area contributed by atoms with Crippen molar-refractivity contribution in [2.24, 2.45) is 5.92 Å². The second kappa shape index (κ2) is 7.01. The lowest BCUT2D eigenvalue weighted by atomic mass is 10.2. The third-order valence-electron chi connectivity index (χ3n) is 2.51. The molecule has 100 valence electrons. The van der Waals surface area contributed by atoms with Crippen LogP contribution in [0.5, 0.6) is 0 Å². The van der Waals surface area contributed by atoms with E-state index in [2.05, 4.69) is 24.5 Å². The van der Waals surface area contributed by atoms with Crippen LogP contribution in [0.25, 0.3) is 0 Å². The molecule has 1 rings (SSSR count). The molecule has 2 N–H and O–H groups in total. The molecule has 0 radical (unpaired) electrons. The molecule has 0 aliphatic rings. The number of carbonyl (C=O) groups excluding carboxylic acids is 1. The molecule has 18 heavy (non-hydrogen) atoms. The first-order valence-corrected chi connectivity index (χ1v) is 6.27. The van der Waals surface area contributed by atoms with E-state index in [0.29, 0.717) is 12.5 Å². The maximum atomic E-state index is 11.6. The molecule has 0 saturated heterocycles. The molecule has 0 atom stereocenters. The standard InChI is InChI=1S/C14H23N3O/c1-11(2)9-15-10-14(18)16-12-5-7-13(8-6-12)17(3)4/h5-8,11,15H,9-10H2,1-4H3,(H,16,18). The van der Waals surface area contributed by atoms with Crippen LogP contribution in [0.4, 0.5) is 11.4 Å². The zero-order chi connectivity index (χ0) is 13.5. The molecule has 0 aliphatic carbocycles. The molecule has 0 unspecified atom stereocenters. The summed E-state index contributed by atoms with van der Waals surface area (Å²) in [6.45, 7) is 5.44. The summed E-state index contributed by atoms with van der Waals surface area (Å²) in [6, 6.07) is 7.79. The van der Waals surface area contributed by atoms with Crippen molar-refractivity contribution in [2.75, 3.05) is 37.4 Å². The lowest BCUT2D eigenvalue weighted by Gasteiger charge is -2.13. The van der Waals surface area contributed by atoms with Crippen molar-refractivity contribution in [1.82, 2.24) is 5.32 Å². The second-order valence-electron chi connectivity index (χ2n) is 5.01. The molecule has 1 aromatic rings. The molecule has 4 nitrogen and oxygen atoms in total. The Morgan fingerprint density at radius 3 is 2.33 bits per heavy atom. The largest absolute Gasteiger partial charge is 0.378 e. The van der Waals surface area contributed by atoms with E-state index in [0.717, 1.165) is 17.9 Å². The van der Waals surface area contributed by atoms with Crippen LogP contribution < -0.4 is 15.5 Å². The Balaban J connectivity index is 2.40. The second-order valence-corrected chi connectivity index (χ2v) is 5.01. The number of carbonyl (C=O) groups is 1. The fourth-order valence-corrected chi connectivity index (χ4v) is 1.52. The van der Waals surface area contributed by atoms with Crippen LogP contribution in [0.15, 0.2) is 24.3 Å². The Hall–Kier alpha value is -1.55. The molecule has 0 heterocycles. The fourth-order valence-electron chi connectivity index (χ4n) is 1.52. The van der Waals surface area contributed by atoms with Crippen LogP contribution in [0.2, 0.25) is 0 Å². The van der Waals surface area contributed by atoms with E-state index in [1.807, 2.05) is 43.3 Å². The number of nitrogens with zero attached hydrogens (tertiary/aromatic N) is 1. The van der Waals surface area contributed by atoms with Crippen molar-refractivity contribution < 1.29 is 4.79 Å². The van der Waals surface area contributed by atoms with E-state index >= 15 is 0 Å². The minimum absolute atomic E-state index is 0.00625. The SMILES string of the molecule is CC(C)CNCC(=O)Nc1ccc(N(C)C)cc1. The molecule has 0 saturated carbocycles. The predicted molar refractivity (Wildman–Crippen MR) is 77.1 cm³/mol. The Labute approximate surface area is 109 Å². The van der Waals surface area contributed by atoms with Gasteiger partial charge in [-0.15, -0.1) is 0 Å². The Morgan fingerprint density at radius 2 is 1.83 bits per heavy atom. The Kier molecular flexibility index (Phi) is 5.65. The highest BCUT2D eigenvalue weighted by atomic mass is 16.1. The fraction of sp³-hybridized carbons (Fsp3) is 0.500. The highest BCUT2D eigenvalue weighted by Gasteiger charge is 2.03. The Morgan fingerprint density at radius 1 is 1.22 bits per heavy atom. The van der Waals surface area contributed by atoms with Crippen LogP contribution in [0.1, 0.15) is 13.8 Å². The first-order valence-electron chi connectivity index (χ1n) is 6.27. The van der Waals surface area contributed by atoms with Crippen LogP contribution in [-0.4, -0.2) is 33.1 Å². The summed E-state index contributed by atoms with van der Waals surface area (Å²) in [6.07, 6.45) is 0. The third kappa shape index (κ3) is 5.19. The molecule has 0 aliphatic heterocycles. The van der Waals surface area contributed by atoms with Gasteiger partial charge in [-0.3, -0.25) is 4.79 Å². The molecular formula is C14H23N3O. The number of nitrogens with one attached hydrogen (secondary N) is 2. The number of hydrogen-bond acceptors (Lipinski definition) is 3. The maximum Gasteiger partial charge on any atom is 0.238 e. The van der Waals surface area contributed by atoms with E-state index in [-0.39, 0.29) is 5.91 Å². The molecule has 0 fully saturated rings. The molecule has 1 aromatic carbocycles. The van der Waals surface area contributed by atoms with Gasteiger partial charge >= 0.3 is 0 Å². The number of anilines is 2. The molecule has 1 amide bonds. The molecule has 0 bridgehead atoms. The van der Waals surface area contributed by atoms with Gasteiger partial charge in [-0.1, -0.05) is 13.8 Å².